The molecule has 2 aromatic rings. The van der Waals surface area contributed by atoms with E-state index in [2.05, 4.69) is 51.8 Å². The van der Waals surface area contributed by atoms with Gasteiger partial charge in [-0.15, -0.1) is 35.3 Å². The van der Waals surface area contributed by atoms with Gasteiger partial charge in [0, 0.05) is 18.5 Å². The Morgan fingerprint density at radius 3 is 2.35 bits per heavy atom. The van der Waals surface area contributed by atoms with E-state index in [0.29, 0.717) is 0 Å². The Balaban J connectivity index is 0.00000264. The molecule has 0 radical (unpaired) electrons. The maximum atomic E-state index is 4.45. The van der Waals surface area contributed by atoms with Crippen molar-refractivity contribution in [3.8, 4) is 0 Å². The van der Waals surface area contributed by atoms with E-state index in [9.17, 15) is 0 Å². The van der Waals surface area contributed by atoms with Crippen LogP contribution in [-0.4, -0.2) is 18.0 Å². The van der Waals surface area contributed by atoms with E-state index in [1.54, 1.807) is 18.4 Å². The van der Waals surface area contributed by atoms with Crippen molar-refractivity contribution in [1.82, 2.24) is 15.6 Å². The maximum absolute atomic E-state index is 4.45. The third-order valence-corrected chi connectivity index (χ3v) is 4.66. The average molecular weight is 444 g/mol. The fourth-order valence-electron chi connectivity index (χ4n) is 2.38. The van der Waals surface area contributed by atoms with Crippen molar-refractivity contribution in [2.45, 2.75) is 40.3 Å². The van der Waals surface area contributed by atoms with Gasteiger partial charge in [0.15, 0.2) is 5.96 Å². The Kier molecular flexibility index (Phi) is 8.54. The number of rotatable bonds is 5. The molecule has 2 rings (SSSR count). The molecular formula is C17H25IN4S. The van der Waals surface area contributed by atoms with Gasteiger partial charge >= 0.3 is 0 Å². The van der Waals surface area contributed by atoms with Gasteiger partial charge in [0.2, 0.25) is 0 Å². The third kappa shape index (κ3) is 5.76. The lowest BCUT2D eigenvalue weighted by molar-refractivity contribution is 0.805. The minimum Gasteiger partial charge on any atom is -0.352 e. The smallest absolute Gasteiger partial charge is 0.191 e. The first-order valence-electron chi connectivity index (χ1n) is 7.58. The van der Waals surface area contributed by atoms with E-state index in [1.165, 1.54) is 16.0 Å². The summed E-state index contributed by atoms with van der Waals surface area (Å²) >= 11 is 1.73. The second-order valence-corrected chi connectivity index (χ2v) is 6.43. The van der Waals surface area contributed by atoms with Gasteiger partial charge < -0.3 is 10.6 Å². The van der Waals surface area contributed by atoms with Crippen LogP contribution in [0.5, 0.6) is 0 Å². The first-order chi connectivity index (χ1) is 10.6. The molecule has 1 aromatic carbocycles. The monoisotopic (exact) mass is 444 g/mol. The topological polar surface area (TPSA) is 49.3 Å². The normalized spacial score (nSPS) is 11.0. The molecule has 6 heteroatoms. The van der Waals surface area contributed by atoms with Crippen LogP contribution >= 0.6 is 35.3 Å². The second-order valence-electron chi connectivity index (χ2n) is 5.14. The maximum Gasteiger partial charge on any atom is 0.191 e. The molecule has 0 atom stereocenters. The van der Waals surface area contributed by atoms with Crippen LogP contribution in [0.3, 0.4) is 0 Å². The van der Waals surface area contributed by atoms with E-state index in [0.717, 1.165) is 36.2 Å². The molecule has 0 saturated heterocycles. The summed E-state index contributed by atoms with van der Waals surface area (Å²) in [7, 11) is 1.80. The summed E-state index contributed by atoms with van der Waals surface area (Å²) in [6, 6.07) is 8.51. The molecule has 0 saturated carbocycles. The molecule has 0 unspecified atom stereocenters. The first-order valence-corrected chi connectivity index (χ1v) is 8.40. The summed E-state index contributed by atoms with van der Waals surface area (Å²) < 4.78 is 0. The Labute approximate surface area is 159 Å². The van der Waals surface area contributed by atoms with Crippen LogP contribution in [-0.2, 0) is 19.5 Å². The molecular weight excluding hydrogens is 419 g/mol. The molecule has 126 valence electrons. The van der Waals surface area contributed by atoms with Crippen molar-refractivity contribution < 1.29 is 0 Å². The number of guanidine groups is 1. The van der Waals surface area contributed by atoms with Crippen molar-refractivity contribution in [2.75, 3.05) is 7.05 Å². The number of nitrogens with one attached hydrogen (secondary N) is 2. The van der Waals surface area contributed by atoms with Crippen LogP contribution in [0, 0.1) is 13.8 Å². The molecule has 1 heterocycles. The molecule has 4 nitrogen and oxygen atoms in total. The summed E-state index contributed by atoms with van der Waals surface area (Å²) in [6.45, 7) is 7.81. The van der Waals surface area contributed by atoms with Crippen molar-refractivity contribution in [3.05, 3.63) is 51.0 Å². The van der Waals surface area contributed by atoms with E-state index in [1.807, 2.05) is 13.8 Å². The fourth-order valence-corrected chi connectivity index (χ4v) is 3.25. The van der Waals surface area contributed by atoms with Crippen LogP contribution in [0.25, 0.3) is 0 Å². The number of aromatic nitrogens is 1. The Morgan fingerprint density at radius 1 is 1.13 bits per heavy atom. The number of benzene rings is 1. The molecule has 0 aliphatic carbocycles. The van der Waals surface area contributed by atoms with E-state index in [-0.39, 0.29) is 24.0 Å². The van der Waals surface area contributed by atoms with Gasteiger partial charge in [-0.05, 0) is 31.4 Å². The Hall–Kier alpha value is -1.15. The van der Waals surface area contributed by atoms with Crippen molar-refractivity contribution in [1.29, 1.82) is 0 Å². The SMILES string of the molecule is CCc1ccccc1CNC(=NC)NCc1sc(C)nc1C.I. The predicted octanol–water partition coefficient (Wildman–Crippen LogP) is 3.81. The molecule has 0 amide bonds. The van der Waals surface area contributed by atoms with Gasteiger partial charge in [0.25, 0.3) is 0 Å². The van der Waals surface area contributed by atoms with Gasteiger partial charge in [-0.3, -0.25) is 4.99 Å². The quantitative estimate of drug-likeness (QED) is 0.419. The highest BCUT2D eigenvalue weighted by molar-refractivity contribution is 14.0. The van der Waals surface area contributed by atoms with Gasteiger partial charge in [0.05, 0.1) is 17.2 Å². The van der Waals surface area contributed by atoms with Crippen LogP contribution in [0.15, 0.2) is 29.3 Å². The third-order valence-electron chi connectivity index (χ3n) is 3.59. The van der Waals surface area contributed by atoms with Crippen molar-refractivity contribution >= 4 is 41.3 Å². The molecule has 0 fully saturated rings. The van der Waals surface area contributed by atoms with Crippen molar-refractivity contribution in [2.24, 2.45) is 4.99 Å². The zero-order valence-electron chi connectivity index (χ0n) is 14.1. The van der Waals surface area contributed by atoms with E-state index >= 15 is 0 Å². The standard InChI is InChI=1S/C17H24N4S.HI/c1-5-14-8-6-7-9-15(14)10-19-17(18-4)20-11-16-12(2)21-13(3)22-16;/h6-9H,5,10-11H2,1-4H3,(H2,18,19,20);1H. The average Bonchev–Trinajstić information content (AvgIpc) is 2.85. The summed E-state index contributed by atoms with van der Waals surface area (Å²) in [4.78, 5) is 10.00. The van der Waals surface area contributed by atoms with Gasteiger partial charge in [-0.25, -0.2) is 4.98 Å². The minimum absolute atomic E-state index is 0. The largest absolute Gasteiger partial charge is 0.352 e. The van der Waals surface area contributed by atoms with Crippen LogP contribution in [0.2, 0.25) is 0 Å². The number of nitrogens with zero attached hydrogens (tertiary/aromatic N) is 2. The zero-order valence-corrected chi connectivity index (χ0v) is 17.3. The molecule has 1 aromatic heterocycles. The molecule has 23 heavy (non-hydrogen) atoms. The summed E-state index contributed by atoms with van der Waals surface area (Å²) in [5.41, 5.74) is 3.79. The highest BCUT2D eigenvalue weighted by Crippen LogP contribution is 2.16. The number of aliphatic imine (C=N–C) groups is 1. The van der Waals surface area contributed by atoms with Crippen LogP contribution < -0.4 is 10.6 Å². The zero-order chi connectivity index (χ0) is 15.9. The highest BCUT2D eigenvalue weighted by Gasteiger charge is 2.06. The summed E-state index contributed by atoms with van der Waals surface area (Å²) in [6.07, 6.45) is 1.04. The molecule has 0 aliphatic rings. The first kappa shape index (κ1) is 19.9. The fraction of sp³-hybridized carbons (Fsp3) is 0.412. The summed E-state index contributed by atoms with van der Waals surface area (Å²) in [5, 5.41) is 7.84. The molecule has 0 spiro atoms. The van der Waals surface area contributed by atoms with Crippen LogP contribution in [0.4, 0.5) is 0 Å². The Bertz CT molecular complexity index is 652. The summed E-state index contributed by atoms with van der Waals surface area (Å²) in [5.74, 6) is 0.816. The lowest BCUT2D eigenvalue weighted by Gasteiger charge is -2.13. The van der Waals surface area contributed by atoms with E-state index < -0.39 is 0 Å². The number of hydrogen-bond donors (Lipinski definition) is 2. The number of halogens is 1. The number of aryl methyl sites for hydroxylation is 3. The van der Waals surface area contributed by atoms with Gasteiger partial charge in [0.1, 0.15) is 0 Å². The lowest BCUT2D eigenvalue weighted by atomic mass is 10.1. The molecule has 2 N–H and O–H groups in total. The lowest BCUT2D eigenvalue weighted by Crippen LogP contribution is -2.36. The Morgan fingerprint density at radius 2 is 1.78 bits per heavy atom. The second kappa shape index (κ2) is 9.87. The predicted molar refractivity (Wildman–Crippen MR) is 110 cm³/mol. The minimum atomic E-state index is 0. The molecule has 0 aliphatic heterocycles. The molecule has 0 bridgehead atoms. The number of thiazole rings is 1. The number of hydrogen-bond acceptors (Lipinski definition) is 3. The van der Waals surface area contributed by atoms with Gasteiger partial charge in [-0.2, -0.15) is 0 Å². The van der Waals surface area contributed by atoms with Gasteiger partial charge in [-0.1, -0.05) is 31.2 Å². The highest BCUT2D eigenvalue weighted by atomic mass is 127. The van der Waals surface area contributed by atoms with Crippen LogP contribution in [0.1, 0.15) is 33.6 Å². The van der Waals surface area contributed by atoms with E-state index in [4.69, 9.17) is 0 Å². The van der Waals surface area contributed by atoms with Crippen molar-refractivity contribution in [3.63, 3.8) is 0 Å².